The van der Waals surface area contributed by atoms with Crippen LogP contribution in [0.1, 0.15) is 41.9 Å². The second kappa shape index (κ2) is 6.06. The van der Waals surface area contributed by atoms with Crippen LogP contribution in [0.25, 0.3) is 0 Å². The number of halogens is 1. The van der Waals surface area contributed by atoms with E-state index in [0.29, 0.717) is 0 Å². The molecule has 110 valence electrons. The molecule has 1 aromatic carbocycles. The van der Waals surface area contributed by atoms with Gasteiger partial charge in [-0.1, -0.05) is 30.3 Å². The van der Waals surface area contributed by atoms with Crippen molar-refractivity contribution in [3.63, 3.8) is 0 Å². The van der Waals surface area contributed by atoms with Gasteiger partial charge >= 0.3 is 0 Å². The Labute approximate surface area is 133 Å². The fourth-order valence-corrected chi connectivity index (χ4v) is 3.56. The highest BCUT2D eigenvalue weighted by Gasteiger charge is 2.31. The van der Waals surface area contributed by atoms with Gasteiger partial charge in [-0.05, 0) is 47.3 Å². The molecule has 4 heteroatoms. The molecule has 1 aliphatic rings. The van der Waals surface area contributed by atoms with E-state index in [9.17, 15) is 4.79 Å². The lowest BCUT2D eigenvalue weighted by Crippen LogP contribution is -2.32. The molecule has 21 heavy (non-hydrogen) atoms. The molecular formula is C17H19BrN2O. The number of rotatable bonds is 3. The number of hydrogen-bond donors (Lipinski definition) is 0. The van der Waals surface area contributed by atoms with Gasteiger partial charge in [0.25, 0.3) is 5.91 Å². The van der Waals surface area contributed by atoms with E-state index >= 15 is 0 Å². The highest BCUT2D eigenvalue weighted by Crippen LogP contribution is 2.33. The van der Waals surface area contributed by atoms with E-state index in [0.717, 1.165) is 36.1 Å². The second-order valence-corrected chi connectivity index (χ2v) is 6.31. The number of carbonyl (C=O) groups excluding carboxylic acids is 1. The highest BCUT2D eigenvalue weighted by atomic mass is 79.9. The zero-order valence-corrected chi connectivity index (χ0v) is 13.7. The molecule has 3 rings (SSSR count). The Balaban J connectivity index is 1.90. The van der Waals surface area contributed by atoms with Crippen LogP contribution in [-0.4, -0.2) is 21.9 Å². The van der Waals surface area contributed by atoms with E-state index in [1.165, 1.54) is 5.56 Å². The van der Waals surface area contributed by atoms with Crippen LogP contribution >= 0.6 is 15.9 Å². The Morgan fingerprint density at radius 3 is 2.81 bits per heavy atom. The van der Waals surface area contributed by atoms with Crippen LogP contribution in [0.5, 0.6) is 0 Å². The van der Waals surface area contributed by atoms with E-state index < -0.39 is 0 Å². The number of aromatic nitrogens is 1. The second-order valence-electron chi connectivity index (χ2n) is 5.40. The molecule has 2 heterocycles. The van der Waals surface area contributed by atoms with Crippen molar-refractivity contribution in [2.75, 3.05) is 6.54 Å². The molecule has 1 aliphatic heterocycles. The van der Waals surface area contributed by atoms with Gasteiger partial charge in [0, 0.05) is 23.8 Å². The Morgan fingerprint density at radius 1 is 1.33 bits per heavy atom. The summed E-state index contributed by atoms with van der Waals surface area (Å²) in [4.78, 5) is 14.9. The number of benzene rings is 1. The van der Waals surface area contributed by atoms with Crippen LogP contribution in [0, 0.1) is 0 Å². The summed E-state index contributed by atoms with van der Waals surface area (Å²) in [6, 6.07) is 12.5. The first-order chi connectivity index (χ1) is 10.2. The van der Waals surface area contributed by atoms with Gasteiger partial charge in [0.1, 0.15) is 5.69 Å². The third-order valence-electron chi connectivity index (χ3n) is 4.12. The van der Waals surface area contributed by atoms with Crippen molar-refractivity contribution in [1.82, 2.24) is 9.47 Å². The standard InChI is InChI=1S/C17H19BrN2O/c1-2-19-12-14(18)11-16(19)17(21)20-10-6-9-15(20)13-7-4-3-5-8-13/h3-5,7-8,11-12,15H,2,6,9-10H2,1H3. The lowest BCUT2D eigenvalue weighted by molar-refractivity contribution is 0.0725. The van der Waals surface area contributed by atoms with Gasteiger partial charge in [-0.3, -0.25) is 4.79 Å². The number of likely N-dealkylation sites (tertiary alicyclic amines) is 1. The van der Waals surface area contributed by atoms with Gasteiger partial charge in [-0.15, -0.1) is 0 Å². The molecule has 0 aliphatic carbocycles. The fraction of sp³-hybridized carbons (Fsp3) is 0.353. The Hall–Kier alpha value is -1.55. The Kier molecular flexibility index (Phi) is 4.15. The first kappa shape index (κ1) is 14.4. The molecule has 0 saturated carbocycles. The minimum Gasteiger partial charge on any atom is -0.343 e. The predicted molar refractivity (Wildman–Crippen MR) is 87.3 cm³/mol. The van der Waals surface area contributed by atoms with Gasteiger partial charge < -0.3 is 9.47 Å². The molecule has 0 spiro atoms. The van der Waals surface area contributed by atoms with E-state index in [4.69, 9.17) is 0 Å². The van der Waals surface area contributed by atoms with Gasteiger partial charge in [-0.2, -0.15) is 0 Å². The molecule has 0 radical (unpaired) electrons. The average Bonchev–Trinajstić information content (AvgIpc) is 3.13. The normalized spacial score (nSPS) is 18.2. The maximum Gasteiger partial charge on any atom is 0.271 e. The van der Waals surface area contributed by atoms with Crippen molar-refractivity contribution in [2.45, 2.75) is 32.4 Å². The molecule has 0 N–H and O–H groups in total. The zero-order chi connectivity index (χ0) is 14.8. The van der Waals surface area contributed by atoms with Crippen LogP contribution in [0.15, 0.2) is 47.1 Å². The van der Waals surface area contributed by atoms with Crippen molar-refractivity contribution < 1.29 is 4.79 Å². The van der Waals surface area contributed by atoms with Crippen molar-refractivity contribution in [1.29, 1.82) is 0 Å². The summed E-state index contributed by atoms with van der Waals surface area (Å²) in [6.45, 7) is 3.70. The molecule has 1 atom stereocenters. The third kappa shape index (κ3) is 2.77. The number of nitrogens with zero attached hydrogens (tertiary/aromatic N) is 2. The van der Waals surface area contributed by atoms with Crippen molar-refractivity contribution in [2.24, 2.45) is 0 Å². The molecule has 1 amide bonds. The lowest BCUT2D eigenvalue weighted by Gasteiger charge is -2.25. The van der Waals surface area contributed by atoms with Crippen LogP contribution < -0.4 is 0 Å². The third-order valence-corrected chi connectivity index (χ3v) is 4.55. The summed E-state index contributed by atoms with van der Waals surface area (Å²) >= 11 is 3.47. The molecule has 1 aromatic heterocycles. The van der Waals surface area contributed by atoms with E-state index in [1.807, 2.05) is 39.9 Å². The van der Waals surface area contributed by atoms with Crippen molar-refractivity contribution in [3.8, 4) is 0 Å². The zero-order valence-electron chi connectivity index (χ0n) is 12.1. The molecule has 3 nitrogen and oxygen atoms in total. The van der Waals surface area contributed by atoms with Crippen LogP contribution in [0.2, 0.25) is 0 Å². The molecular weight excluding hydrogens is 328 g/mol. The fourth-order valence-electron chi connectivity index (χ4n) is 3.09. The van der Waals surface area contributed by atoms with Crippen LogP contribution in [-0.2, 0) is 6.54 Å². The topological polar surface area (TPSA) is 25.2 Å². The van der Waals surface area contributed by atoms with Gasteiger partial charge in [0.05, 0.1) is 6.04 Å². The quantitative estimate of drug-likeness (QED) is 0.815. The van der Waals surface area contributed by atoms with Crippen molar-refractivity contribution >= 4 is 21.8 Å². The molecule has 1 saturated heterocycles. The van der Waals surface area contributed by atoms with Gasteiger partial charge in [0.2, 0.25) is 0 Å². The molecule has 2 aromatic rings. The molecule has 1 fully saturated rings. The average molecular weight is 347 g/mol. The first-order valence-corrected chi connectivity index (χ1v) is 8.21. The summed E-state index contributed by atoms with van der Waals surface area (Å²) in [7, 11) is 0. The first-order valence-electron chi connectivity index (χ1n) is 7.42. The highest BCUT2D eigenvalue weighted by molar-refractivity contribution is 9.10. The number of amides is 1. The smallest absolute Gasteiger partial charge is 0.271 e. The van der Waals surface area contributed by atoms with E-state index in [-0.39, 0.29) is 11.9 Å². The minimum atomic E-state index is 0.133. The van der Waals surface area contributed by atoms with Crippen LogP contribution in [0.3, 0.4) is 0 Å². The van der Waals surface area contributed by atoms with Crippen LogP contribution in [0.4, 0.5) is 0 Å². The maximum absolute atomic E-state index is 12.9. The monoisotopic (exact) mass is 346 g/mol. The maximum atomic E-state index is 12.9. The number of aryl methyl sites for hydroxylation is 1. The summed E-state index contributed by atoms with van der Waals surface area (Å²) < 4.78 is 2.97. The van der Waals surface area contributed by atoms with Gasteiger partial charge in [0.15, 0.2) is 0 Å². The predicted octanol–water partition coefficient (Wildman–Crippen LogP) is 4.25. The Morgan fingerprint density at radius 2 is 2.10 bits per heavy atom. The number of carbonyl (C=O) groups is 1. The molecule has 0 bridgehead atoms. The summed E-state index contributed by atoms with van der Waals surface area (Å²) in [5.74, 6) is 0.133. The van der Waals surface area contributed by atoms with Crippen molar-refractivity contribution in [3.05, 3.63) is 58.3 Å². The SMILES string of the molecule is CCn1cc(Br)cc1C(=O)N1CCCC1c1ccccc1. The van der Waals surface area contributed by atoms with E-state index in [1.54, 1.807) is 0 Å². The summed E-state index contributed by atoms with van der Waals surface area (Å²) in [5.41, 5.74) is 2.00. The molecule has 1 unspecified atom stereocenters. The number of hydrogen-bond acceptors (Lipinski definition) is 1. The largest absolute Gasteiger partial charge is 0.343 e. The minimum absolute atomic E-state index is 0.133. The van der Waals surface area contributed by atoms with Gasteiger partial charge in [-0.25, -0.2) is 0 Å². The van der Waals surface area contributed by atoms with E-state index in [2.05, 4.69) is 35.0 Å². The summed E-state index contributed by atoms with van der Waals surface area (Å²) in [5, 5.41) is 0. The Bertz CT molecular complexity index is 635. The lowest BCUT2D eigenvalue weighted by atomic mass is 10.0. The summed E-state index contributed by atoms with van der Waals surface area (Å²) in [6.07, 6.45) is 4.09.